The van der Waals surface area contributed by atoms with Gasteiger partial charge >= 0.3 is 5.97 Å². The molecule has 1 heterocycles. The molecule has 1 aromatic rings. The van der Waals surface area contributed by atoms with E-state index in [4.69, 9.17) is 5.11 Å². The number of likely N-dealkylation sites (tertiary alicyclic amines) is 1. The van der Waals surface area contributed by atoms with Crippen molar-refractivity contribution < 1.29 is 19.5 Å². The zero-order chi connectivity index (χ0) is 16.4. The van der Waals surface area contributed by atoms with Crippen LogP contribution in [0, 0.1) is 11.3 Å². The SMILES string of the molecule is O=C(NCC(=O)N1CCC2(CC1)CC2C(=O)O)c1ccccc1. The van der Waals surface area contributed by atoms with Gasteiger partial charge in [0.15, 0.2) is 0 Å². The van der Waals surface area contributed by atoms with Crippen molar-refractivity contribution in [1.82, 2.24) is 10.2 Å². The quantitative estimate of drug-likeness (QED) is 0.872. The number of nitrogens with zero attached hydrogens (tertiary/aromatic N) is 1. The van der Waals surface area contributed by atoms with Gasteiger partial charge in [-0.25, -0.2) is 0 Å². The summed E-state index contributed by atoms with van der Waals surface area (Å²) < 4.78 is 0. The van der Waals surface area contributed by atoms with Crippen molar-refractivity contribution in [3.05, 3.63) is 35.9 Å². The molecule has 1 saturated heterocycles. The van der Waals surface area contributed by atoms with Crippen LogP contribution in [0.1, 0.15) is 29.6 Å². The summed E-state index contributed by atoms with van der Waals surface area (Å²) in [7, 11) is 0. The molecule has 1 unspecified atom stereocenters. The Kier molecular flexibility index (Phi) is 4.07. The molecule has 0 aromatic heterocycles. The number of hydrogen-bond acceptors (Lipinski definition) is 3. The third-order valence-electron chi connectivity index (χ3n) is 5.04. The molecule has 2 amide bonds. The maximum atomic E-state index is 12.2. The summed E-state index contributed by atoms with van der Waals surface area (Å²) >= 11 is 0. The molecule has 6 nitrogen and oxygen atoms in total. The van der Waals surface area contributed by atoms with Gasteiger partial charge in [0.25, 0.3) is 5.91 Å². The molecule has 2 aliphatic rings. The van der Waals surface area contributed by atoms with Crippen LogP contribution in [0.25, 0.3) is 0 Å². The van der Waals surface area contributed by atoms with E-state index in [9.17, 15) is 14.4 Å². The lowest BCUT2D eigenvalue weighted by Gasteiger charge is -2.32. The highest BCUT2D eigenvalue weighted by atomic mass is 16.4. The van der Waals surface area contributed by atoms with Gasteiger partial charge in [-0.1, -0.05) is 18.2 Å². The molecule has 122 valence electrons. The maximum Gasteiger partial charge on any atom is 0.307 e. The molecular weight excluding hydrogens is 296 g/mol. The fraction of sp³-hybridized carbons (Fsp3) is 0.471. The minimum Gasteiger partial charge on any atom is -0.481 e. The summed E-state index contributed by atoms with van der Waals surface area (Å²) in [6, 6.07) is 8.77. The molecule has 1 aromatic carbocycles. The topological polar surface area (TPSA) is 86.7 Å². The molecule has 3 rings (SSSR count). The number of nitrogens with one attached hydrogen (secondary N) is 1. The number of aliphatic carboxylic acids is 1. The summed E-state index contributed by atoms with van der Waals surface area (Å²) in [6.45, 7) is 1.12. The summed E-state index contributed by atoms with van der Waals surface area (Å²) in [5, 5.41) is 11.7. The zero-order valence-electron chi connectivity index (χ0n) is 12.8. The lowest BCUT2D eigenvalue weighted by Crippen LogP contribution is -2.44. The van der Waals surface area contributed by atoms with Gasteiger partial charge in [0, 0.05) is 18.7 Å². The molecule has 0 radical (unpaired) electrons. The lowest BCUT2D eigenvalue weighted by molar-refractivity contribution is -0.139. The normalized spacial score (nSPS) is 21.7. The van der Waals surface area contributed by atoms with Crippen LogP contribution in [0.3, 0.4) is 0 Å². The van der Waals surface area contributed by atoms with Crippen molar-refractivity contribution in [3.63, 3.8) is 0 Å². The second-order valence-corrected chi connectivity index (χ2v) is 6.39. The van der Waals surface area contributed by atoms with Crippen LogP contribution in [0.5, 0.6) is 0 Å². The fourth-order valence-corrected chi connectivity index (χ4v) is 3.41. The van der Waals surface area contributed by atoms with Gasteiger partial charge in [0.2, 0.25) is 5.91 Å². The van der Waals surface area contributed by atoms with Crippen molar-refractivity contribution in [2.24, 2.45) is 11.3 Å². The molecule has 0 bridgehead atoms. The first-order valence-corrected chi connectivity index (χ1v) is 7.86. The Balaban J connectivity index is 1.45. The van der Waals surface area contributed by atoms with E-state index in [1.54, 1.807) is 29.2 Å². The van der Waals surface area contributed by atoms with Gasteiger partial charge in [0.1, 0.15) is 0 Å². The Morgan fingerprint density at radius 3 is 2.39 bits per heavy atom. The van der Waals surface area contributed by atoms with E-state index in [0.717, 1.165) is 19.3 Å². The molecule has 1 saturated carbocycles. The maximum absolute atomic E-state index is 12.2. The number of hydrogen-bond donors (Lipinski definition) is 2. The molecule has 23 heavy (non-hydrogen) atoms. The Bertz CT molecular complexity index is 621. The Labute approximate surface area is 134 Å². The average molecular weight is 316 g/mol. The number of carbonyl (C=O) groups excluding carboxylic acids is 2. The van der Waals surface area contributed by atoms with Gasteiger partial charge < -0.3 is 15.3 Å². The first kappa shape index (κ1) is 15.5. The first-order chi connectivity index (χ1) is 11.0. The highest BCUT2D eigenvalue weighted by molar-refractivity contribution is 5.96. The van der Waals surface area contributed by atoms with E-state index >= 15 is 0 Å². The van der Waals surface area contributed by atoms with Gasteiger partial charge in [-0.05, 0) is 36.8 Å². The van der Waals surface area contributed by atoms with Gasteiger partial charge in [-0.2, -0.15) is 0 Å². The van der Waals surface area contributed by atoms with E-state index in [0.29, 0.717) is 18.7 Å². The van der Waals surface area contributed by atoms with Crippen molar-refractivity contribution in [1.29, 1.82) is 0 Å². The van der Waals surface area contributed by atoms with E-state index in [1.807, 2.05) is 6.07 Å². The second kappa shape index (κ2) is 6.02. The van der Waals surface area contributed by atoms with Crippen molar-refractivity contribution in [2.45, 2.75) is 19.3 Å². The van der Waals surface area contributed by atoms with Crippen LogP contribution in [0.4, 0.5) is 0 Å². The van der Waals surface area contributed by atoms with Crippen LogP contribution in [-0.2, 0) is 9.59 Å². The molecule has 6 heteroatoms. The summed E-state index contributed by atoms with van der Waals surface area (Å²) in [5.74, 6) is -1.34. The predicted octanol–water partition coefficient (Wildman–Crippen LogP) is 1.13. The van der Waals surface area contributed by atoms with Crippen LogP contribution in [0.2, 0.25) is 0 Å². The number of amides is 2. The lowest BCUT2D eigenvalue weighted by atomic mass is 9.91. The molecule has 2 fully saturated rings. The zero-order valence-corrected chi connectivity index (χ0v) is 12.8. The monoisotopic (exact) mass is 316 g/mol. The number of piperidine rings is 1. The first-order valence-electron chi connectivity index (χ1n) is 7.86. The Morgan fingerprint density at radius 1 is 1.17 bits per heavy atom. The largest absolute Gasteiger partial charge is 0.481 e. The van der Waals surface area contributed by atoms with Crippen molar-refractivity contribution in [2.75, 3.05) is 19.6 Å². The summed E-state index contributed by atoms with van der Waals surface area (Å²) in [6.07, 6.45) is 2.21. The van der Waals surface area contributed by atoms with Gasteiger partial charge in [-0.3, -0.25) is 14.4 Å². The van der Waals surface area contributed by atoms with Crippen LogP contribution < -0.4 is 5.32 Å². The number of rotatable bonds is 4. The van der Waals surface area contributed by atoms with Crippen molar-refractivity contribution >= 4 is 17.8 Å². The molecular formula is C17H20N2O4. The second-order valence-electron chi connectivity index (χ2n) is 6.39. The number of benzene rings is 1. The molecule has 1 spiro atoms. The predicted molar refractivity (Wildman–Crippen MR) is 82.8 cm³/mol. The molecule has 1 aliphatic heterocycles. The Morgan fingerprint density at radius 2 is 1.83 bits per heavy atom. The summed E-state index contributed by atoms with van der Waals surface area (Å²) in [5.41, 5.74) is 0.441. The number of carboxylic acids is 1. The Hall–Kier alpha value is -2.37. The third-order valence-corrected chi connectivity index (χ3v) is 5.04. The van der Waals surface area contributed by atoms with Crippen molar-refractivity contribution in [3.8, 4) is 0 Å². The molecule has 1 aliphatic carbocycles. The third kappa shape index (κ3) is 3.21. The smallest absolute Gasteiger partial charge is 0.307 e. The molecule has 2 N–H and O–H groups in total. The fourth-order valence-electron chi connectivity index (χ4n) is 3.41. The average Bonchev–Trinajstić information content (AvgIpc) is 3.27. The van der Waals surface area contributed by atoms with Crippen LogP contribution in [-0.4, -0.2) is 47.4 Å². The minimum absolute atomic E-state index is 0.0247. The van der Waals surface area contributed by atoms with Gasteiger partial charge in [-0.15, -0.1) is 0 Å². The highest BCUT2D eigenvalue weighted by Crippen LogP contribution is 2.59. The minimum atomic E-state index is -0.722. The number of carboxylic acid groups (broad SMARTS) is 1. The van der Waals surface area contributed by atoms with Crippen LogP contribution in [0.15, 0.2) is 30.3 Å². The molecule has 1 atom stereocenters. The standard InChI is InChI=1S/C17H20N2O4/c20-14(11-18-15(21)12-4-2-1-3-5-12)19-8-6-17(7-9-19)10-13(17)16(22)23/h1-5,13H,6-11H2,(H,18,21)(H,22,23). The van der Waals surface area contributed by atoms with E-state index in [-0.39, 0.29) is 29.7 Å². The van der Waals surface area contributed by atoms with E-state index < -0.39 is 5.97 Å². The van der Waals surface area contributed by atoms with Crippen LogP contribution >= 0.6 is 0 Å². The van der Waals surface area contributed by atoms with E-state index in [2.05, 4.69) is 5.32 Å². The van der Waals surface area contributed by atoms with E-state index in [1.165, 1.54) is 0 Å². The summed E-state index contributed by atoms with van der Waals surface area (Å²) in [4.78, 5) is 36.8. The number of carbonyl (C=O) groups is 3. The highest BCUT2D eigenvalue weighted by Gasteiger charge is 2.59. The van der Waals surface area contributed by atoms with Gasteiger partial charge in [0.05, 0.1) is 12.5 Å².